The van der Waals surface area contributed by atoms with Crippen molar-refractivity contribution < 1.29 is 9.53 Å². The highest BCUT2D eigenvalue weighted by Gasteiger charge is 2.22. The fourth-order valence-corrected chi connectivity index (χ4v) is 5.81. The van der Waals surface area contributed by atoms with E-state index in [9.17, 15) is 4.79 Å². The first-order valence-corrected chi connectivity index (χ1v) is 14.0. The molecule has 4 aromatic rings. The van der Waals surface area contributed by atoms with Gasteiger partial charge in [-0.25, -0.2) is 14.6 Å². The number of methoxy groups -OCH3 is 1. The van der Waals surface area contributed by atoms with E-state index < -0.39 is 0 Å². The van der Waals surface area contributed by atoms with Crippen LogP contribution in [-0.4, -0.2) is 51.9 Å². The lowest BCUT2D eigenvalue weighted by Crippen LogP contribution is -2.35. The second kappa shape index (κ2) is 11.5. The quantitative estimate of drug-likeness (QED) is 0.284. The number of benzene rings is 2. The van der Waals surface area contributed by atoms with Gasteiger partial charge < -0.3 is 20.7 Å². The highest BCUT2D eigenvalue weighted by molar-refractivity contribution is 6.39. The zero-order chi connectivity index (χ0) is 27.6. The lowest BCUT2D eigenvalue weighted by molar-refractivity contribution is -0.119. The van der Waals surface area contributed by atoms with E-state index in [1.807, 2.05) is 53.2 Å². The third-order valence-electron chi connectivity index (χ3n) is 7.26. The normalized spacial score (nSPS) is 16.6. The van der Waals surface area contributed by atoms with E-state index in [1.54, 1.807) is 7.11 Å². The first-order valence-electron chi connectivity index (χ1n) is 13.3. The van der Waals surface area contributed by atoms with Crippen LogP contribution in [0.15, 0.2) is 48.5 Å². The molecule has 40 heavy (non-hydrogen) atoms. The van der Waals surface area contributed by atoms with Gasteiger partial charge in [0.15, 0.2) is 5.82 Å². The summed E-state index contributed by atoms with van der Waals surface area (Å²) in [6.07, 6.45) is 1.43. The fraction of sp³-hybridized carbons (Fsp3) is 0.310. The monoisotopic (exact) mass is 577 g/mol. The molecule has 0 bridgehead atoms. The van der Waals surface area contributed by atoms with Crippen molar-refractivity contribution >= 4 is 29.1 Å². The largest absolute Gasteiger partial charge is 0.481 e. The highest BCUT2D eigenvalue weighted by atomic mass is 35.5. The van der Waals surface area contributed by atoms with E-state index >= 15 is 0 Å². The number of carbonyl (C=O) groups excluding carboxylic acids is 1. The average Bonchev–Trinajstić information content (AvgIpc) is 3.59. The molecule has 1 amide bonds. The van der Waals surface area contributed by atoms with Crippen molar-refractivity contribution in [2.75, 3.05) is 20.2 Å². The lowest BCUT2D eigenvalue weighted by atomic mass is 9.99. The van der Waals surface area contributed by atoms with Crippen LogP contribution in [0, 0.1) is 0 Å². The second-order valence-electron chi connectivity index (χ2n) is 9.88. The molecule has 0 aliphatic carbocycles. The van der Waals surface area contributed by atoms with Crippen LogP contribution in [0.4, 0.5) is 0 Å². The molecule has 1 atom stereocenters. The summed E-state index contributed by atoms with van der Waals surface area (Å²) in [6, 6.07) is 15.7. The summed E-state index contributed by atoms with van der Waals surface area (Å²) in [7, 11) is 1.61. The number of nitrogens with zero attached hydrogens (tertiary/aromatic N) is 4. The maximum absolute atomic E-state index is 11.4. The predicted molar refractivity (Wildman–Crippen MR) is 155 cm³/mol. The van der Waals surface area contributed by atoms with E-state index in [2.05, 4.69) is 21.0 Å². The Morgan fingerprint density at radius 3 is 2.50 bits per heavy atom. The van der Waals surface area contributed by atoms with Crippen LogP contribution in [0.3, 0.4) is 0 Å². The maximum atomic E-state index is 11.4. The Morgan fingerprint density at radius 1 is 1.02 bits per heavy atom. The van der Waals surface area contributed by atoms with Crippen LogP contribution in [-0.2, 0) is 24.4 Å². The Bertz CT molecular complexity index is 1550. The number of hydrogen-bond acceptors (Lipinski definition) is 7. The van der Waals surface area contributed by atoms with Crippen molar-refractivity contribution in [3.63, 3.8) is 0 Å². The van der Waals surface area contributed by atoms with Gasteiger partial charge in [0.05, 0.1) is 35.9 Å². The van der Waals surface area contributed by atoms with Gasteiger partial charge in [-0.2, -0.15) is 5.10 Å². The molecular formula is C29H29Cl2N7O2. The molecular weight excluding hydrogens is 549 g/mol. The molecule has 2 aromatic carbocycles. The minimum absolute atomic E-state index is 0.108. The topological polar surface area (TPSA) is 106 Å². The minimum atomic E-state index is 0.108. The highest BCUT2D eigenvalue weighted by Crippen LogP contribution is 2.42. The third kappa shape index (κ3) is 5.30. The zero-order valence-electron chi connectivity index (χ0n) is 22.0. The summed E-state index contributed by atoms with van der Waals surface area (Å²) >= 11 is 14.0. The maximum Gasteiger partial charge on any atom is 0.220 e. The van der Waals surface area contributed by atoms with Gasteiger partial charge in [-0.05, 0) is 18.6 Å². The Kier molecular flexibility index (Phi) is 7.71. The number of hydrogen-bond donors (Lipinski definition) is 3. The second-order valence-corrected chi connectivity index (χ2v) is 10.6. The van der Waals surface area contributed by atoms with Gasteiger partial charge in [0.1, 0.15) is 5.82 Å². The summed E-state index contributed by atoms with van der Waals surface area (Å²) in [6.45, 7) is 3.58. The molecule has 0 saturated carbocycles. The number of fused-ring (bicyclic) bond motifs is 1. The van der Waals surface area contributed by atoms with E-state index in [0.29, 0.717) is 53.5 Å². The summed E-state index contributed by atoms with van der Waals surface area (Å²) in [5.74, 6) is 2.12. The number of aromatic nitrogens is 4. The van der Waals surface area contributed by atoms with Gasteiger partial charge in [0, 0.05) is 59.9 Å². The third-order valence-corrected chi connectivity index (χ3v) is 8.07. The number of carbonyl (C=O) groups is 1. The van der Waals surface area contributed by atoms with Gasteiger partial charge in [0.25, 0.3) is 0 Å². The minimum Gasteiger partial charge on any atom is -0.481 e. The number of nitrogens with one attached hydrogen (secondary N) is 3. The fourth-order valence-electron chi connectivity index (χ4n) is 5.18. The Balaban J connectivity index is 1.27. The Labute approximate surface area is 242 Å². The van der Waals surface area contributed by atoms with Gasteiger partial charge >= 0.3 is 0 Å². The van der Waals surface area contributed by atoms with Gasteiger partial charge in [-0.3, -0.25) is 4.79 Å². The molecule has 4 heterocycles. The molecule has 2 aliphatic rings. The van der Waals surface area contributed by atoms with Crippen molar-refractivity contribution in [1.82, 2.24) is 35.7 Å². The molecule has 9 nitrogen and oxygen atoms in total. The van der Waals surface area contributed by atoms with Crippen LogP contribution in [0.25, 0.3) is 33.8 Å². The van der Waals surface area contributed by atoms with Crippen LogP contribution < -0.4 is 20.7 Å². The Hall–Kier alpha value is -3.50. The molecule has 0 unspecified atom stereocenters. The van der Waals surface area contributed by atoms with Crippen molar-refractivity contribution in [2.45, 2.75) is 38.5 Å². The van der Waals surface area contributed by atoms with Crippen molar-refractivity contribution in [1.29, 1.82) is 0 Å². The van der Waals surface area contributed by atoms with Crippen molar-refractivity contribution in [3.8, 4) is 39.7 Å². The molecule has 1 fully saturated rings. The lowest BCUT2D eigenvalue weighted by Gasteiger charge is -2.15. The summed E-state index contributed by atoms with van der Waals surface area (Å²) in [4.78, 5) is 20.9. The van der Waals surface area contributed by atoms with E-state index in [-0.39, 0.29) is 11.9 Å². The average molecular weight is 579 g/mol. The van der Waals surface area contributed by atoms with Crippen LogP contribution in [0.2, 0.25) is 10.0 Å². The van der Waals surface area contributed by atoms with Crippen LogP contribution in [0.5, 0.6) is 5.88 Å². The first-order chi connectivity index (χ1) is 19.5. The number of rotatable bonds is 8. The zero-order valence-corrected chi connectivity index (χ0v) is 23.5. The standard InChI is InChI=1S/C29H29Cl2N7O2/c1-40-29-17(14-33-15-18-9-11-25(39)34-18)8-10-23(35-29)21-6-2-4-19(26(21)30)20-5-3-7-22(27(20)31)28-36-24-16-32-12-13-38(24)37-28/h2-8,10,18,32-33H,9,11-16H2,1H3,(H,34,39)/t18-/m0/s1. The smallest absolute Gasteiger partial charge is 0.220 e. The molecule has 6 rings (SSSR count). The van der Waals surface area contributed by atoms with Crippen LogP contribution in [0.1, 0.15) is 24.2 Å². The molecule has 2 aromatic heterocycles. The molecule has 3 N–H and O–H groups in total. The Morgan fingerprint density at radius 2 is 1.77 bits per heavy atom. The molecule has 206 valence electrons. The number of halogens is 2. The molecule has 0 spiro atoms. The number of ether oxygens (including phenoxy) is 1. The van der Waals surface area contributed by atoms with Gasteiger partial charge in [-0.1, -0.05) is 59.6 Å². The van der Waals surface area contributed by atoms with Gasteiger partial charge in [0.2, 0.25) is 11.8 Å². The van der Waals surface area contributed by atoms with E-state index in [1.165, 1.54) is 0 Å². The predicted octanol–water partition coefficient (Wildman–Crippen LogP) is 4.46. The number of amides is 1. The number of pyridine rings is 1. The molecule has 11 heteroatoms. The summed E-state index contributed by atoms with van der Waals surface area (Å²) in [5.41, 5.74) is 4.73. The molecule has 0 radical (unpaired) electrons. The summed E-state index contributed by atoms with van der Waals surface area (Å²) < 4.78 is 7.54. The van der Waals surface area contributed by atoms with Crippen molar-refractivity contribution in [3.05, 3.63) is 70.0 Å². The van der Waals surface area contributed by atoms with Gasteiger partial charge in [-0.15, -0.1) is 0 Å². The summed E-state index contributed by atoms with van der Waals surface area (Å²) in [5, 5.41) is 15.4. The van der Waals surface area contributed by atoms with Crippen molar-refractivity contribution in [2.24, 2.45) is 0 Å². The SMILES string of the molecule is COc1nc(-c2cccc(-c3cccc(-c4nc5n(n4)CCNC5)c3Cl)c2Cl)ccc1CNC[C@@H]1CCC(=O)N1. The molecule has 2 aliphatic heterocycles. The van der Waals surface area contributed by atoms with Crippen LogP contribution >= 0.6 is 23.2 Å². The first kappa shape index (κ1) is 26.7. The van der Waals surface area contributed by atoms with E-state index in [4.69, 9.17) is 37.9 Å². The molecule has 1 saturated heterocycles. The van der Waals surface area contributed by atoms with E-state index in [0.717, 1.165) is 53.2 Å².